The highest BCUT2D eigenvalue weighted by Crippen LogP contribution is 2.37. The average Bonchev–Trinajstić information content (AvgIpc) is 3.25. The van der Waals surface area contributed by atoms with Gasteiger partial charge < -0.3 is 0 Å². The zero-order valence-corrected chi connectivity index (χ0v) is 17.7. The number of halogens is 1. The van der Waals surface area contributed by atoms with Crippen LogP contribution in [0.3, 0.4) is 0 Å². The third-order valence-corrected chi connectivity index (χ3v) is 8.08. The van der Waals surface area contributed by atoms with Crippen LogP contribution in [0.15, 0.2) is 50.8 Å². The van der Waals surface area contributed by atoms with Crippen molar-refractivity contribution in [3.63, 3.8) is 0 Å². The Morgan fingerprint density at radius 3 is 2.77 bits per heavy atom. The van der Waals surface area contributed by atoms with E-state index >= 15 is 0 Å². The van der Waals surface area contributed by atoms with Gasteiger partial charge in [0.15, 0.2) is 0 Å². The molecule has 0 saturated heterocycles. The molecule has 0 N–H and O–H groups in total. The van der Waals surface area contributed by atoms with Crippen molar-refractivity contribution in [3.8, 4) is 0 Å². The average molecular weight is 421 g/mol. The van der Waals surface area contributed by atoms with E-state index in [4.69, 9.17) is 0 Å². The molecular formula is C24H21BrS. The molecule has 0 aromatic heterocycles. The number of benzene rings is 2. The van der Waals surface area contributed by atoms with Gasteiger partial charge in [0.2, 0.25) is 0 Å². The van der Waals surface area contributed by atoms with Crippen molar-refractivity contribution in [1.29, 1.82) is 0 Å². The molecule has 0 spiro atoms. The van der Waals surface area contributed by atoms with Crippen molar-refractivity contribution in [2.75, 3.05) is 0 Å². The van der Waals surface area contributed by atoms with Crippen LogP contribution in [-0.2, 0) is 6.42 Å². The molecule has 1 heterocycles. The van der Waals surface area contributed by atoms with Crippen molar-refractivity contribution in [1.82, 2.24) is 0 Å². The molecule has 0 radical (unpaired) electrons. The summed E-state index contributed by atoms with van der Waals surface area (Å²) in [6.45, 7) is 6.85. The van der Waals surface area contributed by atoms with Crippen LogP contribution >= 0.6 is 27.7 Å². The van der Waals surface area contributed by atoms with Crippen LogP contribution in [0.2, 0.25) is 0 Å². The van der Waals surface area contributed by atoms with Gasteiger partial charge in [0, 0.05) is 19.8 Å². The molecule has 1 aliphatic heterocycles. The predicted molar refractivity (Wildman–Crippen MR) is 118 cm³/mol. The Hall–Kier alpha value is -1.51. The van der Waals surface area contributed by atoms with Gasteiger partial charge in [-0.1, -0.05) is 41.5 Å². The van der Waals surface area contributed by atoms with Gasteiger partial charge >= 0.3 is 0 Å². The third kappa shape index (κ3) is 2.42. The Kier molecular flexibility index (Phi) is 3.84. The Labute approximate surface area is 167 Å². The molecule has 5 rings (SSSR count). The molecule has 0 fully saturated rings. The molecule has 26 heavy (non-hydrogen) atoms. The maximum Gasteiger partial charge on any atom is 0.0337 e. The SMILES string of the molecule is CC1=Cc2c(Br)c3c(cc2=C1CC1=Cc2ccccc2C1)SC(C)C=3C. The molecule has 2 aromatic carbocycles. The van der Waals surface area contributed by atoms with E-state index in [0.29, 0.717) is 5.25 Å². The first-order valence-corrected chi connectivity index (χ1v) is 10.9. The lowest BCUT2D eigenvalue weighted by atomic mass is 9.98. The summed E-state index contributed by atoms with van der Waals surface area (Å²) in [5.41, 5.74) is 10.2. The summed E-state index contributed by atoms with van der Waals surface area (Å²) < 4.78 is 1.29. The minimum Gasteiger partial charge on any atom is -0.118 e. The van der Waals surface area contributed by atoms with Gasteiger partial charge in [0.25, 0.3) is 0 Å². The second kappa shape index (κ2) is 6.00. The summed E-state index contributed by atoms with van der Waals surface area (Å²) >= 11 is 5.93. The van der Waals surface area contributed by atoms with Gasteiger partial charge in [-0.3, -0.25) is 0 Å². The quantitative estimate of drug-likeness (QED) is 0.599. The fraction of sp³-hybridized carbons (Fsp3) is 0.250. The largest absolute Gasteiger partial charge is 0.118 e. The molecule has 0 amide bonds. The van der Waals surface area contributed by atoms with Crippen LogP contribution < -0.4 is 10.4 Å². The number of hydrogen-bond donors (Lipinski definition) is 0. The van der Waals surface area contributed by atoms with Crippen LogP contribution in [0, 0.1) is 0 Å². The third-order valence-electron chi connectivity index (χ3n) is 5.97. The van der Waals surface area contributed by atoms with Crippen LogP contribution in [0.25, 0.3) is 23.3 Å². The van der Waals surface area contributed by atoms with E-state index in [9.17, 15) is 0 Å². The van der Waals surface area contributed by atoms with Crippen molar-refractivity contribution in [2.24, 2.45) is 0 Å². The summed E-state index contributed by atoms with van der Waals surface area (Å²) in [4.78, 5) is 1.44. The fourth-order valence-corrected chi connectivity index (χ4v) is 6.65. The van der Waals surface area contributed by atoms with Gasteiger partial charge in [-0.05, 0) is 94.7 Å². The van der Waals surface area contributed by atoms with E-state index in [2.05, 4.69) is 79.2 Å². The second-order valence-electron chi connectivity index (χ2n) is 7.63. The van der Waals surface area contributed by atoms with Crippen LogP contribution in [0.5, 0.6) is 0 Å². The summed E-state index contributed by atoms with van der Waals surface area (Å²) in [6, 6.07) is 11.2. The fourth-order valence-electron chi connectivity index (χ4n) is 4.42. The number of allylic oxidation sites excluding steroid dienone is 2. The van der Waals surface area contributed by atoms with Gasteiger partial charge in [-0.25, -0.2) is 0 Å². The Balaban J connectivity index is 1.63. The number of fused-ring (bicyclic) bond motifs is 3. The van der Waals surface area contributed by atoms with Gasteiger partial charge in [0.1, 0.15) is 0 Å². The van der Waals surface area contributed by atoms with E-state index in [-0.39, 0.29) is 0 Å². The zero-order chi connectivity index (χ0) is 18.0. The lowest BCUT2D eigenvalue weighted by molar-refractivity contribution is 1.11. The molecule has 0 saturated carbocycles. The first kappa shape index (κ1) is 16.6. The van der Waals surface area contributed by atoms with E-state index in [0.717, 1.165) is 12.8 Å². The minimum absolute atomic E-state index is 0.574. The smallest absolute Gasteiger partial charge is 0.0337 e. The maximum atomic E-state index is 3.94. The van der Waals surface area contributed by atoms with Crippen LogP contribution in [0.1, 0.15) is 43.9 Å². The molecule has 3 aliphatic rings. The van der Waals surface area contributed by atoms with Gasteiger partial charge in [-0.2, -0.15) is 0 Å². The van der Waals surface area contributed by atoms with Crippen molar-refractivity contribution < 1.29 is 0 Å². The normalized spacial score (nSPS) is 20.1. The summed E-state index contributed by atoms with van der Waals surface area (Å²) in [7, 11) is 0. The topological polar surface area (TPSA) is 0 Å². The molecule has 2 heteroatoms. The van der Waals surface area contributed by atoms with Crippen molar-refractivity contribution in [3.05, 3.63) is 73.1 Å². The highest BCUT2D eigenvalue weighted by atomic mass is 79.9. The molecule has 2 aliphatic carbocycles. The molecule has 0 bridgehead atoms. The Morgan fingerprint density at radius 2 is 1.96 bits per heavy atom. The number of hydrogen-bond acceptors (Lipinski definition) is 1. The van der Waals surface area contributed by atoms with Crippen molar-refractivity contribution >= 4 is 51.0 Å². The van der Waals surface area contributed by atoms with E-state index in [1.165, 1.54) is 58.8 Å². The Bertz CT molecular complexity index is 1150. The monoisotopic (exact) mass is 420 g/mol. The van der Waals surface area contributed by atoms with Crippen molar-refractivity contribution in [2.45, 2.75) is 43.8 Å². The molecule has 1 unspecified atom stereocenters. The molecule has 0 nitrogen and oxygen atoms in total. The second-order valence-corrected chi connectivity index (χ2v) is 9.80. The Morgan fingerprint density at radius 1 is 1.15 bits per heavy atom. The highest BCUT2D eigenvalue weighted by Gasteiger charge is 2.24. The molecule has 130 valence electrons. The molecule has 1 atom stereocenters. The summed E-state index contributed by atoms with van der Waals surface area (Å²) in [5.74, 6) is 0. The lowest BCUT2D eigenvalue weighted by Crippen LogP contribution is -2.18. The number of rotatable bonds is 2. The van der Waals surface area contributed by atoms with E-state index in [1.54, 1.807) is 0 Å². The zero-order valence-electron chi connectivity index (χ0n) is 15.3. The van der Waals surface area contributed by atoms with Gasteiger partial charge in [0.05, 0.1) is 0 Å². The molecular weight excluding hydrogens is 400 g/mol. The van der Waals surface area contributed by atoms with E-state index < -0.39 is 0 Å². The predicted octanol–water partition coefficient (Wildman–Crippen LogP) is 5.71. The highest BCUT2D eigenvalue weighted by molar-refractivity contribution is 9.10. The standard InChI is InChI=1S/C24H21BrS/c1-13-8-21-20(12-22-23(24(21)25)14(2)15(3)26-22)19(13)11-16-9-17-6-4-5-7-18(17)10-16/h4-9,12,15H,10-11H2,1-3H3. The summed E-state index contributed by atoms with van der Waals surface area (Å²) in [6.07, 6.45) is 6.91. The number of thioether (sulfide) groups is 1. The first-order chi connectivity index (χ1) is 12.5. The lowest BCUT2D eigenvalue weighted by Gasteiger charge is -2.07. The summed E-state index contributed by atoms with van der Waals surface area (Å²) in [5, 5.41) is 3.43. The van der Waals surface area contributed by atoms with Gasteiger partial charge in [-0.15, -0.1) is 11.8 Å². The first-order valence-electron chi connectivity index (χ1n) is 9.22. The van der Waals surface area contributed by atoms with Crippen LogP contribution in [-0.4, -0.2) is 5.25 Å². The van der Waals surface area contributed by atoms with E-state index in [1.807, 2.05) is 11.8 Å². The minimum atomic E-state index is 0.574. The maximum absolute atomic E-state index is 3.94. The van der Waals surface area contributed by atoms with Crippen LogP contribution in [0.4, 0.5) is 0 Å². The molecule has 2 aromatic rings.